The van der Waals surface area contributed by atoms with Gasteiger partial charge in [-0.3, -0.25) is 10.1 Å². The Morgan fingerprint density at radius 3 is 2.33 bits per heavy atom. The molecule has 112 valence electrons. The van der Waals surface area contributed by atoms with Crippen molar-refractivity contribution in [1.82, 2.24) is 4.98 Å². The molecule has 0 saturated heterocycles. The van der Waals surface area contributed by atoms with Crippen LogP contribution in [0.1, 0.15) is 27.7 Å². The first-order chi connectivity index (χ1) is 9.90. The number of benzene rings is 1. The third-order valence-corrected chi connectivity index (χ3v) is 4.80. The largest absolute Gasteiger partial charge is 0.308 e. The van der Waals surface area contributed by atoms with Crippen LogP contribution in [-0.2, 0) is 0 Å². The molecule has 0 unspecified atom stereocenters. The van der Waals surface area contributed by atoms with Crippen LogP contribution in [0.2, 0.25) is 0 Å². The SMILES string of the molecule is CC(C)Sc1cc(SC(C)C)c2cccnc2c1[N+](=O)[O-]. The van der Waals surface area contributed by atoms with Crippen LogP contribution < -0.4 is 0 Å². The normalized spacial score (nSPS) is 11.5. The lowest BCUT2D eigenvalue weighted by Gasteiger charge is -2.13. The van der Waals surface area contributed by atoms with Gasteiger partial charge in [-0.05, 0) is 18.2 Å². The topological polar surface area (TPSA) is 56.0 Å². The van der Waals surface area contributed by atoms with Gasteiger partial charge in [-0.25, -0.2) is 4.98 Å². The van der Waals surface area contributed by atoms with Gasteiger partial charge in [0.25, 0.3) is 0 Å². The zero-order valence-corrected chi connectivity index (χ0v) is 14.1. The number of hydrogen-bond acceptors (Lipinski definition) is 5. The Kier molecular flexibility index (Phi) is 5.11. The Bertz CT molecular complexity index is 672. The third-order valence-electron chi connectivity index (χ3n) is 2.70. The average molecular weight is 322 g/mol. The quantitative estimate of drug-likeness (QED) is 0.433. The van der Waals surface area contributed by atoms with Crippen molar-refractivity contribution in [3.63, 3.8) is 0 Å². The van der Waals surface area contributed by atoms with Crippen molar-refractivity contribution in [3.8, 4) is 0 Å². The lowest BCUT2D eigenvalue weighted by Crippen LogP contribution is -1.99. The van der Waals surface area contributed by atoms with Gasteiger partial charge in [0.1, 0.15) is 0 Å². The van der Waals surface area contributed by atoms with E-state index in [2.05, 4.69) is 18.8 Å². The number of aromatic nitrogens is 1. The van der Waals surface area contributed by atoms with E-state index >= 15 is 0 Å². The van der Waals surface area contributed by atoms with Crippen molar-refractivity contribution in [2.24, 2.45) is 0 Å². The van der Waals surface area contributed by atoms with E-state index in [4.69, 9.17) is 0 Å². The molecule has 1 aromatic heterocycles. The zero-order chi connectivity index (χ0) is 15.6. The van der Waals surface area contributed by atoms with Gasteiger partial charge >= 0.3 is 5.69 Å². The molecule has 1 heterocycles. The Balaban J connectivity index is 2.74. The van der Waals surface area contributed by atoms with E-state index in [1.54, 1.807) is 18.0 Å². The molecule has 21 heavy (non-hydrogen) atoms. The summed E-state index contributed by atoms with van der Waals surface area (Å²) in [6.07, 6.45) is 1.61. The maximum Gasteiger partial charge on any atom is 0.308 e. The number of nitro groups is 1. The minimum atomic E-state index is -0.316. The van der Waals surface area contributed by atoms with Crippen LogP contribution in [-0.4, -0.2) is 20.4 Å². The van der Waals surface area contributed by atoms with Crippen molar-refractivity contribution < 1.29 is 4.92 Å². The molecule has 0 saturated carbocycles. The van der Waals surface area contributed by atoms with Crippen molar-refractivity contribution >= 4 is 40.1 Å². The molecule has 0 atom stereocenters. The van der Waals surface area contributed by atoms with Gasteiger partial charge < -0.3 is 0 Å². The second kappa shape index (κ2) is 6.66. The molecule has 0 N–H and O–H groups in total. The Morgan fingerprint density at radius 1 is 1.14 bits per heavy atom. The van der Waals surface area contributed by atoms with Crippen LogP contribution >= 0.6 is 23.5 Å². The highest BCUT2D eigenvalue weighted by Gasteiger charge is 2.23. The maximum absolute atomic E-state index is 11.5. The van der Waals surface area contributed by atoms with Gasteiger partial charge in [0.2, 0.25) is 0 Å². The van der Waals surface area contributed by atoms with E-state index in [0.29, 0.717) is 15.7 Å². The van der Waals surface area contributed by atoms with E-state index in [-0.39, 0.29) is 15.9 Å². The fourth-order valence-corrected chi connectivity index (χ4v) is 4.08. The average Bonchev–Trinajstić information content (AvgIpc) is 2.36. The first-order valence-electron chi connectivity index (χ1n) is 6.79. The molecule has 1 aromatic carbocycles. The van der Waals surface area contributed by atoms with Crippen LogP contribution in [0.5, 0.6) is 0 Å². The maximum atomic E-state index is 11.5. The summed E-state index contributed by atoms with van der Waals surface area (Å²) in [6.45, 7) is 8.30. The van der Waals surface area contributed by atoms with Crippen LogP contribution in [0.3, 0.4) is 0 Å². The molecule has 0 aliphatic heterocycles. The number of nitrogens with zero attached hydrogens (tertiary/aromatic N) is 2. The van der Waals surface area contributed by atoms with E-state index in [1.807, 2.05) is 32.0 Å². The molecule has 0 aliphatic carbocycles. The summed E-state index contributed by atoms with van der Waals surface area (Å²) >= 11 is 3.23. The molecule has 4 nitrogen and oxygen atoms in total. The highest BCUT2D eigenvalue weighted by molar-refractivity contribution is 8.00. The summed E-state index contributed by atoms with van der Waals surface area (Å²) in [5.74, 6) is 0. The molecule has 0 radical (unpaired) electrons. The molecule has 2 aromatic rings. The number of hydrogen-bond donors (Lipinski definition) is 0. The second-order valence-electron chi connectivity index (χ2n) is 5.21. The fourth-order valence-electron chi connectivity index (χ4n) is 2.05. The summed E-state index contributed by atoms with van der Waals surface area (Å²) < 4.78 is 0. The molecule has 0 aliphatic rings. The van der Waals surface area contributed by atoms with Crippen molar-refractivity contribution in [1.29, 1.82) is 0 Å². The number of fused-ring (bicyclic) bond motifs is 1. The third kappa shape index (κ3) is 3.68. The van der Waals surface area contributed by atoms with Crippen molar-refractivity contribution in [2.45, 2.75) is 48.0 Å². The summed E-state index contributed by atoms with van der Waals surface area (Å²) in [6, 6.07) is 5.67. The number of thioether (sulfide) groups is 2. The molecule has 6 heteroatoms. The minimum absolute atomic E-state index is 0.123. The number of pyridine rings is 1. The lowest BCUT2D eigenvalue weighted by molar-refractivity contribution is -0.386. The van der Waals surface area contributed by atoms with E-state index in [0.717, 1.165) is 10.3 Å². The Hall–Kier alpha value is -1.27. The minimum Gasteiger partial charge on any atom is -0.258 e. The van der Waals surface area contributed by atoms with Crippen molar-refractivity contribution in [3.05, 3.63) is 34.5 Å². The Labute approximate surface area is 132 Å². The molecular formula is C15H18N2O2S2. The van der Waals surface area contributed by atoms with Crippen LogP contribution in [0, 0.1) is 10.1 Å². The van der Waals surface area contributed by atoms with Gasteiger partial charge in [-0.1, -0.05) is 27.7 Å². The number of nitro benzene ring substituents is 1. The molecular weight excluding hydrogens is 304 g/mol. The predicted octanol–water partition coefficient (Wildman–Crippen LogP) is 5.14. The summed E-state index contributed by atoms with van der Waals surface area (Å²) in [7, 11) is 0. The molecule has 2 rings (SSSR count). The smallest absolute Gasteiger partial charge is 0.258 e. The first-order valence-corrected chi connectivity index (χ1v) is 8.55. The van der Waals surface area contributed by atoms with Gasteiger partial charge in [-0.15, -0.1) is 23.5 Å². The molecule has 0 fully saturated rings. The monoisotopic (exact) mass is 322 g/mol. The lowest BCUT2D eigenvalue weighted by atomic mass is 10.2. The standard InChI is InChI=1S/C15H18N2O2S2/c1-9(2)20-12-8-13(21-10(3)4)15(17(18)19)14-11(12)6-5-7-16-14/h5-10H,1-4H3. The molecule has 0 amide bonds. The highest BCUT2D eigenvalue weighted by Crippen LogP contribution is 2.42. The van der Waals surface area contributed by atoms with E-state index in [9.17, 15) is 10.1 Å². The Morgan fingerprint density at radius 2 is 1.76 bits per heavy atom. The predicted molar refractivity (Wildman–Crippen MR) is 90.4 cm³/mol. The van der Waals surface area contributed by atoms with Gasteiger partial charge in [0.05, 0.1) is 9.82 Å². The van der Waals surface area contributed by atoms with Crippen LogP contribution in [0.25, 0.3) is 10.9 Å². The summed E-state index contributed by atoms with van der Waals surface area (Å²) in [4.78, 5) is 17.2. The number of rotatable bonds is 5. The van der Waals surface area contributed by atoms with Gasteiger partial charge in [0.15, 0.2) is 5.52 Å². The molecule has 0 spiro atoms. The van der Waals surface area contributed by atoms with Gasteiger partial charge in [0, 0.05) is 27.0 Å². The second-order valence-corrected chi connectivity index (χ2v) is 8.45. The van der Waals surface area contributed by atoms with Gasteiger partial charge in [-0.2, -0.15) is 0 Å². The summed E-state index contributed by atoms with van der Waals surface area (Å²) in [5, 5.41) is 13.0. The fraction of sp³-hybridized carbons (Fsp3) is 0.400. The van der Waals surface area contributed by atoms with Crippen LogP contribution in [0.15, 0.2) is 34.2 Å². The summed E-state index contributed by atoms with van der Waals surface area (Å²) in [5.41, 5.74) is 0.605. The van der Waals surface area contributed by atoms with E-state index in [1.165, 1.54) is 11.8 Å². The zero-order valence-electron chi connectivity index (χ0n) is 12.5. The van der Waals surface area contributed by atoms with E-state index < -0.39 is 0 Å². The molecule has 0 bridgehead atoms. The first kappa shape index (κ1) is 16.1. The highest BCUT2D eigenvalue weighted by atomic mass is 32.2. The van der Waals surface area contributed by atoms with Crippen molar-refractivity contribution in [2.75, 3.05) is 0 Å². The van der Waals surface area contributed by atoms with Crippen LogP contribution in [0.4, 0.5) is 5.69 Å².